The molecule has 0 amide bonds. The van der Waals surface area contributed by atoms with Crippen LogP contribution in [0.4, 0.5) is 5.69 Å². The first-order chi connectivity index (χ1) is 11.9. The molecule has 0 aliphatic rings. The topological polar surface area (TPSA) is 105 Å². The van der Waals surface area contributed by atoms with Gasteiger partial charge in [-0.3, -0.25) is 14.9 Å². The molecule has 0 aliphatic heterocycles. The second kappa shape index (κ2) is 6.82. The van der Waals surface area contributed by atoms with E-state index in [1.807, 2.05) is 12.1 Å². The van der Waals surface area contributed by atoms with Crippen LogP contribution in [0.5, 0.6) is 5.75 Å². The second-order valence-corrected chi connectivity index (χ2v) is 5.88. The van der Waals surface area contributed by atoms with Crippen molar-refractivity contribution in [3.8, 4) is 5.75 Å². The Morgan fingerprint density at radius 3 is 2.76 bits per heavy atom. The van der Waals surface area contributed by atoms with Crippen molar-refractivity contribution < 1.29 is 19.6 Å². The van der Waals surface area contributed by atoms with Crippen molar-refractivity contribution in [3.63, 3.8) is 0 Å². The number of aliphatic carboxylic acids is 1. The van der Waals surface area contributed by atoms with Crippen molar-refractivity contribution >= 4 is 34.2 Å². The fraction of sp³-hybridized carbons (Fsp3) is 0.118. The van der Waals surface area contributed by atoms with Gasteiger partial charge in [0.1, 0.15) is 6.61 Å². The van der Waals surface area contributed by atoms with Gasteiger partial charge < -0.3 is 14.8 Å². The fourth-order valence-electron chi connectivity index (χ4n) is 2.51. The zero-order valence-electron chi connectivity index (χ0n) is 12.9. The summed E-state index contributed by atoms with van der Waals surface area (Å²) in [6.45, 7) is 0.103. The Morgan fingerprint density at radius 2 is 2.04 bits per heavy atom. The molecule has 1 heterocycles. The van der Waals surface area contributed by atoms with Crippen LogP contribution >= 0.6 is 11.6 Å². The highest BCUT2D eigenvalue weighted by Crippen LogP contribution is 2.29. The van der Waals surface area contributed by atoms with Gasteiger partial charge in [0, 0.05) is 22.0 Å². The molecule has 0 aliphatic carbocycles. The summed E-state index contributed by atoms with van der Waals surface area (Å²) in [7, 11) is 0. The number of carboxylic acids is 1. The van der Waals surface area contributed by atoms with Gasteiger partial charge in [-0.05, 0) is 35.9 Å². The number of hydrogen-bond acceptors (Lipinski definition) is 4. The number of nitro groups is 1. The van der Waals surface area contributed by atoms with E-state index in [0.717, 1.165) is 16.6 Å². The van der Waals surface area contributed by atoms with Crippen LogP contribution in [-0.2, 0) is 17.8 Å². The van der Waals surface area contributed by atoms with Gasteiger partial charge in [-0.15, -0.1) is 0 Å². The van der Waals surface area contributed by atoms with E-state index in [-0.39, 0.29) is 24.5 Å². The standard InChI is InChI=1S/C17H13ClN2O5/c18-12-2-3-14-11(7-12)8-13(19-14)9-25-16-4-1-10(6-17(21)22)5-15(16)20(23)24/h1-5,7-8,19H,6,9H2,(H,21,22). The average Bonchev–Trinajstić information content (AvgIpc) is 2.94. The minimum Gasteiger partial charge on any atom is -0.481 e. The molecule has 8 heteroatoms. The Morgan fingerprint density at radius 1 is 1.24 bits per heavy atom. The predicted octanol–water partition coefficient (Wildman–Crippen LogP) is 3.94. The monoisotopic (exact) mass is 360 g/mol. The Hall–Kier alpha value is -3.06. The molecule has 128 valence electrons. The highest BCUT2D eigenvalue weighted by molar-refractivity contribution is 6.31. The van der Waals surface area contributed by atoms with Crippen molar-refractivity contribution in [2.75, 3.05) is 0 Å². The average molecular weight is 361 g/mol. The van der Waals surface area contributed by atoms with Crippen LogP contribution < -0.4 is 4.74 Å². The van der Waals surface area contributed by atoms with Gasteiger partial charge in [-0.1, -0.05) is 17.7 Å². The Balaban J connectivity index is 1.81. The van der Waals surface area contributed by atoms with Crippen LogP contribution in [0.3, 0.4) is 0 Å². The number of benzene rings is 2. The summed E-state index contributed by atoms with van der Waals surface area (Å²) in [6, 6.07) is 11.4. The van der Waals surface area contributed by atoms with Crippen LogP contribution in [0, 0.1) is 10.1 Å². The third kappa shape index (κ3) is 3.89. The van der Waals surface area contributed by atoms with Gasteiger partial charge in [0.15, 0.2) is 5.75 Å². The molecule has 0 unspecified atom stereocenters. The number of hydrogen-bond donors (Lipinski definition) is 2. The first kappa shape index (κ1) is 16.8. The lowest BCUT2D eigenvalue weighted by molar-refractivity contribution is -0.386. The third-order valence-corrected chi connectivity index (χ3v) is 3.83. The minimum atomic E-state index is -1.06. The molecule has 2 N–H and O–H groups in total. The molecule has 3 rings (SSSR count). The van der Waals surface area contributed by atoms with E-state index in [4.69, 9.17) is 21.4 Å². The maximum absolute atomic E-state index is 11.2. The number of nitro benzene ring substituents is 1. The number of aromatic amines is 1. The van der Waals surface area contributed by atoms with E-state index in [2.05, 4.69) is 4.98 Å². The molecule has 0 saturated carbocycles. The number of nitrogens with zero attached hydrogens (tertiary/aromatic N) is 1. The summed E-state index contributed by atoms with van der Waals surface area (Å²) in [5, 5.41) is 21.5. The predicted molar refractivity (Wildman–Crippen MR) is 92.1 cm³/mol. The number of halogens is 1. The molecule has 0 bridgehead atoms. The Labute approximate surface area is 146 Å². The quantitative estimate of drug-likeness (QED) is 0.511. The summed E-state index contributed by atoms with van der Waals surface area (Å²) >= 11 is 5.95. The fourth-order valence-corrected chi connectivity index (χ4v) is 2.69. The number of rotatable bonds is 6. The second-order valence-electron chi connectivity index (χ2n) is 5.44. The summed E-state index contributed by atoms with van der Waals surface area (Å²) in [5.41, 5.74) is 1.69. The number of nitrogens with one attached hydrogen (secondary N) is 1. The first-order valence-corrected chi connectivity index (χ1v) is 7.69. The van der Waals surface area contributed by atoms with Gasteiger partial charge in [-0.2, -0.15) is 0 Å². The van der Waals surface area contributed by atoms with Gasteiger partial charge in [0.05, 0.1) is 17.0 Å². The summed E-state index contributed by atoms with van der Waals surface area (Å²) in [4.78, 5) is 24.5. The zero-order chi connectivity index (χ0) is 18.0. The van der Waals surface area contributed by atoms with E-state index < -0.39 is 10.9 Å². The molecule has 0 radical (unpaired) electrons. The van der Waals surface area contributed by atoms with E-state index >= 15 is 0 Å². The molecule has 1 aromatic heterocycles. The first-order valence-electron chi connectivity index (χ1n) is 7.31. The lowest BCUT2D eigenvalue weighted by Crippen LogP contribution is -2.03. The van der Waals surface area contributed by atoms with Crippen molar-refractivity contribution in [1.82, 2.24) is 4.98 Å². The maximum atomic E-state index is 11.2. The van der Waals surface area contributed by atoms with Crippen molar-refractivity contribution in [2.45, 2.75) is 13.0 Å². The van der Waals surface area contributed by atoms with E-state index in [0.29, 0.717) is 10.6 Å². The minimum absolute atomic E-state index is 0.0795. The highest BCUT2D eigenvalue weighted by atomic mass is 35.5. The smallest absolute Gasteiger partial charge is 0.311 e. The van der Waals surface area contributed by atoms with Crippen LogP contribution in [-0.4, -0.2) is 21.0 Å². The van der Waals surface area contributed by atoms with Crippen LogP contribution in [0.2, 0.25) is 5.02 Å². The summed E-state index contributed by atoms with van der Waals surface area (Å²) < 4.78 is 5.55. The molecule has 7 nitrogen and oxygen atoms in total. The number of aromatic nitrogens is 1. The maximum Gasteiger partial charge on any atom is 0.311 e. The Kier molecular flexibility index (Phi) is 4.58. The summed E-state index contributed by atoms with van der Waals surface area (Å²) in [5.74, 6) is -0.976. The van der Waals surface area contributed by atoms with Crippen LogP contribution in [0.15, 0.2) is 42.5 Å². The molecule has 25 heavy (non-hydrogen) atoms. The van der Waals surface area contributed by atoms with Gasteiger partial charge in [-0.25, -0.2) is 0 Å². The number of carboxylic acid groups (broad SMARTS) is 1. The van der Waals surface area contributed by atoms with Gasteiger partial charge in [0.2, 0.25) is 0 Å². The number of ether oxygens (including phenoxy) is 1. The molecule has 0 atom stereocenters. The number of carbonyl (C=O) groups is 1. The normalized spacial score (nSPS) is 10.8. The molecule has 2 aromatic carbocycles. The van der Waals surface area contributed by atoms with Gasteiger partial charge in [0.25, 0.3) is 0 Å². The molecule has 0 fully saturated rings. The largest absolute Gasteiger partial charge is 0.481 e. The lowest BCUT2D eigenvalue weighted by atomic mass is 10.1. The zero-order valence-corrected chi connectivity index (χ0v) is 13.6. The molecule has 0 saturated heterocycles. The number of H-pyrrole nitrogens is 1. The lowest BCUT2D eigenvalue weighted by Gasteiger charge is -2.07. The molecular weight excluding hydrogens is 348 g/mol. The third-order valence-electron chi connectivity index (χ3n) is 3.60. The highest BCUT2D eigenvalue weighted by Gasteiger charge is 2.17. The van der Waals surface area contributed by atoms with Crippen LogP contribution in [0.1, 0.15) is 11.3 Å². The van der Waals surface area contributed by atoms with Crippen molar-refractivity contribution in [1.29, 1.82) is 0 Å². The Bertz CT molecular complexity index is 967. The molecular formula is C17H13ClN2O5. The number of fused-ring (bicyclic) bond motifs is 1. The van der Waals surface area contributed by atoms with Gasteiger partial charge >= 0.3 is 11.7 Å². The SMILES string of the molecule is O=C(O)Cc1ccc(OCc2cc3cc(Cl)ccc3[nH]2)c([N+](=O)[O-])c1. The van der Waals surface area contributed by atoms with Crippen molar-refractivity contribution in [3.05, 3.63) is 68.9 Å². The molecule has 0 spiro atoms. The van der Waals surface area contributed by atoms with Crippen molar-refractivity contribution in [2.24, 2.45) is 0 Å². The molecule has 3 aromatic rings. The van der Waals surface area contributed by atoms with E-state index in [1.54, 1.807) is 12.1 Å². The van der Waals surface area contributed by atoms with E-state index in [9.17, 15) is 14.9 Å². The van der Waals surface area contributed by atoms with Crippen LogP contribution in [0.25, 0.3) is 10.9 Å². The summed E-state index contributed by atoms with van der Waals surface area (Å²) in [6.07, 6.45) is -0.288. The van der Waals surface area contributed by atoms with E-state index in [1.165, 1.54) is 18.2 Å².